The van der Waals surface area contributed by atoms with Crippen LogP contribution in [0.3, 0.4) is 0 Å². The van der Waals surface area contributed by atoms with Gasteiger partial charge in [-0.25, -0.2) is 0 Å². The molecule has 0 aromatic heterocycles. The second-order valence-electron chi connectivity index (χ2n) is 5.51. The fourth-order valence-electron chi connectivity index (χ4n) is 2.05. The van der Waals surface area contributed by atoms with Gasteiger partial charge in [0.25, 0.3) is 5.91 Å². The molecule has 1 aromatic rings. The van der Waals surface area contributed by atoms with Gasteiger partial charge in [-0.3, -0.25) is 4.79 Å². The number of nitrogens with one attached hydrogen (secondary N) is 3. The van der Waals surface area contributed by atoms with Gasteiger partial charge in [-0.05, 0) is 24.0 Å². The SMILES string of the molecule is CC(C)C(C)CNC(=O)c1cccc2c1NCCN2. The van der Waals surface area contributed by atoms with Crippen LogP contribution < -0.4 is 16.0 Å². The Balaban J connectivity index is 2.07. The number of amides is 1. The van der Waals surface area contributed by atoms with E-state index in [-0.39, 0.29) is 5.91 Å². The third-order valence-corrected chi connectivity index (χ3v) is 3.77. The first-order valence-electron chi connectivity index (χ1n) is 6.98. The highest BCUT2D eigenvalue weighted by Gasteiger charge is 2.17. The van der Waals surface area contributed by atoms with Crippen molar-refractivity contribution in [3.05, 3.63) is 23.8 Å². The first kappa shape index (κ1) is 13.7. The number of carbonyl (C=O) groups excluding carboxylic acids is 1. The zero-order chi connectivity index (χ0) is 13.8. The molecule has 1 amide bonds. The zero-order valence-corrected chi connectivity index (χ0v) is 11.9. The van der Waals surface area contributed by atoms with E-state index in [9.17, 15) is 4.79 Å². The van der Waals surface area contributed by atoms with Crippen LogP contribution in [0.2, 0.25) is 0 Å². The Bertz CT molecular complexity index is 457. The molecule has 2 rings (SSSR count). The summed E-state index contributed by atoms with van der Waals surface area (Å²) in [4.78, 5) is 12.3. The third-order valence-electron chi connectivity index (χ3n) is 3.77. The molecule has 1 unspecified atom stereocenters. The number of hydrogen-bond acceptors (Lipinski definition) is 3. The summed E-state index contributed by atoms with van der Waals surface area (Å²) in [6, 6.07) is 5.78. The summed E-state index contributed by atoms with van der Waals surface area (Å²) in [5.41, 5.74) is 2.65. The molecule has 19 heavy (non-hydrogen) atoms. The lowest BCUT2D eigenvalue weighted by Crippen LogP contribution is -2.31. The Morgan fingerprint density at radius 1 is 1.26 bits per heavy atom. The topological polar surface area (TPSA) is 53.2 Å². The highest BCUT2D eigenvalue weighted by molar-refractivity contribution is 6.02. The third kappa shape index (κ3) is 3.19. The number of fused-ring (bicyclic) bond motifs is 1. The van der Waals surface area contributed by atoms with E-state index < -0.39 is 0 Å². The molecule has 4 nitrogen and oxygen atoms in total. The summed E-state index contributed by atoms with van der Waals surface area (Å²) in [7, 11) is 0. The number of anilines is 2. The molecule has 0 saturated carbocycles. The molecule has 0 fully saturated rings. The highest BCUT2D eigenvalue weighted by atomic mass is 16.1. The molecule has 4 heteroatoms. The second kappa shape index (κ2) is 5.95. The number of hydrogen-bond donors (Lipinski definition) is 3. The first-order valence-corrected chi connectivity index (χ1v) is 6.98. The van der Waals surface area contributed by atoms with Gasteiger partial charge < -0.3 is 16.0 Å². The first-order chi connectivity index (χ1) is 9.09. The average Bonchev–Trinajstić information content (AvgIpc) is 2.43. The van der Waals surface area contributed by atoms with E-state index in [1.807, 2.05) is 18.2 Å². The van der Waals surface area contributed by atoms with Crippen LogP contribution in [-0.2, 0) is 0 Å². The molecule has 1 aromatic carbocycles. The Labute approximate surface area is 115 Å². The molecule has 1 atom stereocenters. The van der Waals surface area contributed by atoms with Crippen molar-refractivity contribution in [1.29, 1.82) is 0 Å². The van der Waals surface area contributed by atoms with Crippen LogP contribution >= 0.6 is 0 Å². The van der Waals surface area contributed by atoms with Crippen molar-refractivity contribution in [2.45, 2.75) is 20.8 Å². The van der Waals surface area contributed by atoms with Gasteiger partial charge in [-0.1, -0.05) is 26.8 Å². The number of rotatable bonds is 4. The molecule has 0 spiro atoms. The van der Waals surface area contributed by atoms with E-state index in [2.05, 4.69) is 36.7 Å². The van der Waals surface area contributed by atoms with Crippen molar-refractivity contribution in [1.82, 2.24) is 5.32 Å². The number of carbonyl (C=O) groups is 1. The fraction of sp³-hybridized carbons (Fsp3) is 0.533. The maximum absolute atomic E-state index is 12.3. The number of para-hydroxylation sites is 1. The van der Waals surface area contributed by atoms with Crippen LogP contribution in [0.1, 0.15) is 31.1 Å². The average molecular weight is 261 g/mol. The van der Waals surface area contributed by atoms with Crippen LogP contribution in [0.25, 0.3) is 0 Å². The molecular weight excluding hydrogens is 238 g/mol. The maximum Gasteiger partial charge on any atom is 0.253 e. The predicted octanol–water partition coefficient (Wildman–Crippen LogP) is 2.55. The van der Waals surface area contributed by atoms with E-state index in [0.717, 1.165) is 30.0 Å². The summed E-state index contributed by atoms with van der Waals surface area (Å²) in [5, 5.41) is 9.62. The summed E-state index contributed by atoms with van der Waals surface area (Å²) >= 11 is 0. The quantitative estimate of drug-likeness (QED) is 0.780. The molecule has 0 radical (unpaired) electrons. The lowest BCUT2D eigenvalue weighted by molar-refractivity contribution is 0.0945. The summed E-state index contributed by atoms with van der Waals surface area (Å²) in [6.45, 7) is 8.96. The van der Waals surface area contributed by atoms with Crippen LogP contribution in [0.5, 0.6) is 0 Å². The molecule has 0 bridgehead atoms. The molecule has 104 valence electrons. The van der Waals surface area contributed by atoms with Crippen molar-refractivity contribution < 1.29 is 4.79 Å². The number of benzene rings is 1. The van der Waals surface area contributed by atoms with Crippen LogP contribution in [0, 0.1) is 11.8 Å². The molecule has 1 aliphatic rings. The lowest BCUT2D eigenvalue weighted by atomic mass is 9.98. The van der Waals surface area contributed by atoms with Crippen molar-refractivity contribution in [2.24, 2.45) is 11.8 Å². The van der Waals surface area contributed by atoms with Gasteiger partial charge in [0.15, 0.2) is 0 Å². The van der Waals surface area contributed by atoms with Crippen molar-refractivity contribution >= 4 is 17.3 Å². The Morgan fingerprint density at radius 3 is 2.74 bits per heavy atom. The molecule has 1 heterocycles. The Hall–Kier alpha value is -1.71. The van der Waals surface area contributed by atoms with E-state index in [1.54, 1.807) is 0 Å². The van der Waals surface area contributed by atoms with E-state index in [4.69, 9.17) is 0 Å². The fourth-order valence-corrected chi connectivity index (χ4v) is 2.05. The van der Waals surface area contributed by atoms with Crippen LogP contribution in [-0.4, -0.2) is 25.5 Å². The van der Waals surface area contributed by atoms with E-state index in [1.165, 1.54) is 0 Å². The van der Waals surface area contributed by atoms with Crippen molar-refractivity contribution in [2.75, 3.05) is 30.3 Å². The maximum atomic E-state index is 12.3. The lowest BCUT2D eigenvalue weighted by Gasteiger charge is -2.23. The standard InChI is InChI=1S/C15H23N3O/c1-10(2)11(3)9-18-15(19)12-5-4-6-13-14(12)17-8-7-16-13/h4-6,10-11,16-17H,7-9H2,1-3H3,(H,18,19). The van der Waals surface area contributed by atoms with Gasteiger partial charge in [0, 0.05) is 19.6 Å². The molecule has 0 aliphatic carbocycles. The van der Waals surface area contributed by atoms with Gasteiger partial charge in [0.05, 0.1) is 16.9 Å². The second-order valence-corrected chi connectivity index (χ2v) is 5.51. The van der Waals surface area contributed by atoms with Crippen molar-refractivity contribution in [3.63, 3.8) is 0 Å². The van der Waals surface area contributed by atoms with Gasteiger partial charge in [0.2, 0.25) is 0 Å². The molecule has 1 aliphatic heterocycles. The van der Waals surface area contributed by atoms with Crippen LogP contribution in [0.15, 0.2) is 18.2 Å². The minimum absolute atomic E-state index is 0.000509. The molecule has 3 N–H and O–H groups in total. The zero-order valence-electron chi connectivity index (χ0n) is 11.9. The minimum atomic E-state index is 0.000509. The molecule has 0 saturated heterocycles. The van der Waals surface area contributed by atoms with Gasteiger partial charge in [0.1, 0.15) is 0 Å². The summed E-state index contributed by atoms with van der Waals surface area (Å²) in [5.74, 6) is 1.06. The normalized spacial score (nSPS) is 15.2. The van der Waals surface area contributed by atoms with Gasteiger partial charge >= 0.3 is 0 Å². The summed E-state index contributed by atoms with van der Waals surface area (Å²) in [6.07, 6.45) is 0. The monoisotopic (exact) mass is 261 g/mol. The Morgan fingerprint density at radius 2 is 2.00 bits per heavy atom. The van der Waals surface area contributed by atoms with Crippen molar-refractivity contribution in [3.8, 4) is 0 Å². The Kier molecular flexibility index (Phi) is 4.30. The van der Waals surface area contributed by atoms with E-state index >= 15 is 0 Å². The van der Waals surface area contributed by atoms with Gasteiger partial charge in [-0.2, -0.15) is 0 Å². The van der Waals surface area contributed by atoms with Crippen LogP contribution in [0.4, 0.5) is 11.4 Å². The predicted molar refractivity (Wildman–Crippen MR) is 79.8 cm³/mol. The summed E-state index contributed by atoms with van der Waals surface area (Å²) < 4.78 is 0. The minimum Gasteiger partial charge on any atom is -0.382 e. The van der Waals surface area contributed by atoms with E-state index in [0.29, 0.717) is 18.4 Å². The van der Waals surface area contributed by atoms with Gasteiger partial charge in [-0.15, -0.1) is 0 Å². The smallest absolute Gasteiger partial charge is 0.253 e. The largest absolute Gasteiger partial charge is 0.382 e. The molecular formula is C15H23N3O. The highest BCUT2D eigenvalue weighted by Crippen LogP contribution is 2.28.